The molecule has 2 amide bonds. The van der Waals surface area contributed by atoms with Gasteiger partial charge in [-0.1, -0.05) is 108 Å². The van der Waals surface area contributed by atoms with Crippen LogP contribution in [-0.4, -0.2) is 64.2 Å². The zero-order valence-corrected chi connectivity index (χ0v) is 30.4. The number of methoxy groups -OCH3 is 2. The molecule has 7 rings (SSSR count). The summed E-state index contributed by atoms with van der Waals surface area (Å²) in [4.78, 5) is 47.1. The van der Waals surface area contributed by atoms with E-state index < -0.39 is 35.3 Å². The van der Waals surface area contributed by atoms with E-state index >= 15 is 0 Å². The lowest BCUT2D eigenvalue weighted by Gasteiger charge is -2.48. The van der Waals surface area contributed by atoms with Gasteiger partial charge >= 0.3 is 5.97 Å². The minimum absolute atomic E-state index is 0.0506. The number of aromatic nitrogens is 1. The number of hydrogen-bond acceptors (Lipinski definition) is 11. The summed E-state index contributed by atoms with van der Waals surface area (Å²) in [5, 5.41) is 13.1. The number of carbonyl (C=O) groups excluding carboxylic acids is 3. The van der Waals surface area contributed by atoms with Gasteiger partial charge in [0.15, 0.2) is 16.9 Å². The fraction of sp³-hybridized carbons (Fsp3) is 0.200. The van der Waals surface area contributed by atoms with Gasteiger partial charge in [-0.15, -0.1) is 11.8 Å². The SMILES string of the molecule is COc1ccc(COC(=O)C2=C(O)CS[C@H]3[C@H](NC(=O)C(OC)c4nc(N)sc4-c4ccccc4C(c4ccccc4)c4ccccc4)C(=O)N23)cc1. The van der Waals surface area contributed by atoms with Crippen LogP contribution in [-0.2, 0) is 30.5 Å². The van der Waals surface area contributed by atoms with Crippen molar-refractivity contribution in [3.05, 3.63) is 149 Å². The molecule has 13 heteroatoms. The molecular weight excluding hydrogens is 713 g/mol. The number of aliphatic hydroxyl groups excluding tert-OH is 1. The monoisotopic (exact) mass is 748 g/mol. The Morgan fingerprint density at radius 2 is 1.58 bits per heavy atom. The highest BCUT2D eigenvalue weighted by atomic mass is 32.2. The normalized spacial score (nSPS) is 17.2. The minimum atomic E-state index is -1.22. The van der Waals surface area contributed by atoms with Gasteiger partial charge < -0.3 is 30.4 Å². The van der Waals surface area contributed by atoms with Crippen LogP contribution >= 0.6 is 23.1 Å². The number of ether oxygens (including phenoxy) is 3. The van der Waals surface area contributed by atoms with Crippen molar-refractivity contribution in [2.45, 2.75) is 30.0 Å². The molecule has 270 valence electrons. The van der Waals surface area contributed by atoms with Gasteiger partial charge in [0.2, 0.25) is 0 Å². The predicted octanol–water partition coefficient (Wildman–Crippen LogP) is 6.18. The molecule has 1 unspecified atom stereocenters. The number of thioether (sulfide) groups is 1. The average molecular weight is 749 g/mol. The molecule has 4 N–H and O–H groups in total. The maximum Gasteiger partial charge on any atom is 0.358 e. The van der Waals surface area contributed by atoms with Crippen molar-refractivity contribution in [1.82, 2.24) is 15.2 Å². The predicted molar refractivity (Wildman–Crippen MR) is 203 cm³/mol. The molecule has 1 aromatic heterocycles. The highest BCUT2D eigenvalue weighted by Gasteiger charge is 2.55. The van der Waals surface area contributed by atoms with Gasteiger partial charge in [-0.25, -0.2) is 9.78 Å². The van der Waals surface area contributed by atoms with E-state index in [2.05, 4.69) is 40.6 Å². The summed E-state index contributed by atoms with van der Waals surface area (Å²) in [6, 6.07) is 34.3. The topological polar surface area (TPSA) is 153 Å². The van der Waals surface area contributed by atoms with Crippen molar-refractivity contribution in [2.24, 2.45) is 0 Å². The number of hydrogen-bond donors (Lipinski definition) is 3. The van der Waals surface area contributed by atoms with E-state index in [4.69, 9.17) is 19.9 Å². The molecular formula is C40H36N4O7S2. The zero-order chi connectivity index (χ0) is 37.1. The number of nitrogens with zero attached hydrogens (tertiary/aromatic N) is 2. The molecule has 2 aliphatic rings. The van der Waals surface area contributed by atoms with E-state index in [1.165, 1.54) is 35.1 Å². The molecule has 0 radical (unpaired) electrons. The first kappa shape index (κ1) is 35.8. The van der Waals surface area contributed by atoms with Crippen molar-refractivity contribution in [1.29, 1.82) is 0 Å². The maximum atomic E-state index is 14.0. The highest BCUT2D eigenvalue weighted by Crippen LogP contribution is 2.44. The number of nitrogens with two attached hydrogens (primary N) is 1. The van der Waals surface area contributed by atoms with Crippen LogP contribution in [0.25, 0.3) is 10.4 Å². The molecule has 53 heavy (non-hydrogen) atoms. The smallest absolute Gasteiger partial charge is 0.358 e. The molecule has 1 saturated heterocycles. The Balaban J connectivity index is 1.12. The van der Waals surface area contributed by atoms with Crippen molar-refractivity contribution in [2.75, 3.05) is 25.7 Å². The molecule has 0 bridgehead atoms. The van der Waals surface area contributed by atoms with Gasteiger partial charge in [-0.05, 0) is 39.9 Å². The summed E-state index contributed by atoms with van der Waals surface area (Å²) in [6.45, 7) is -0.0746. The molecule has 0 spiro atoms. The number of nitrogens with one attached hydrogen (secondary N) is 1. The number of aliphatic hydroxyl groups is 1. The standard InChI is InChI=1S/C40H36N4O7S2/c1-49-26-19-17-23(18-20-26)21-51-39(48)33-29(45)22-52-38-32(37(47)44(33)38)42-36(46)34(50-2)31-35(53-40(41)43-31)28-16-10-9-15-27(28)30(24-11-5-3-6-12-24)25-13-7-4-8-14-25/h3-20,30,32,34,38,45H,21-22H2,1-2H3,(H2,41,43)(H,42,46)/t32-,34?,38+/m1/s1. The third-order valence-corrected chi connectivity index (χ3v) is 11.3. The summed E-state index contributed by atoms with van der Waals surface area (Å²) < 4.78 is 16.4. The molecule has 0 aliphatic carbocycles. The first-order valence-corrected chi connectivity index (χ1v) is 18.6. The molecule has 2 aliphatic heterocycles. The Morgan fingerprint density at radius 1 is 0.943 bits per heavy atom. The number of esters is 1. The highest BCUT2D eigenvalue weighted by molar-refractivity contribution is 8.00. The number of amides is 2. The number of benzene rings is 4. The number of thiazole rings is 1. The second kappa shape index (κ2) is 15.5. The van der Waals surface area contributed by atoms with Crippen LogP contribution < -0.4 is 15.8 Å². The number of β-lactam (4-membered cyclic amide) rings is 1. The molecule has 4 aromatic carbocycles. The first-order valence-electron chi connectivity index (χ1n) is 16.7. The van der Waals surface area contributed by atoms with Crippen LogP contribution in [0, 0.1) is 0 Å². The zero-order valence-electron chi connectivity index (χ0n) is 28.8. The Hall–Kier alpha value is -5.63. The third-order valence-electron chi connectivity index (χ3n) is 9.14. The summed E-state index contributed by atoms with van der Waals surface area (Å²) in [5.41, 5.74) is 11.1. The van der Waals surface area contributed by atoms with Crippen molar-refractivity contribution < 1.29 is 33.7 Å². The summed E-state index contributed by atoms with van der Waals surface area (Å²) in [5.74, 6) is -1.71. The number of fused-ring (bicyclic) bond motifs is 1. The first-order chi connectivity index (χ1) is 25.8. The lowest BCUT2D eigenvalue weighted by atomic mass is 9.82. The summed E-state index contributed by atoms with van der Waals surface area (Å²) in [6.07, 6.45) is -1.22. The molecule has 3 heterocycles. The van der Waals surface area contributed by atoms with E-state index in [9.17, 15) is 19.5 Å². The lowest BCUT2D eigenvalue weighted by molar-refractivity contribution is -0.154. The van der Waals surface area contributed by atoms with Crippen LogP contribution in [0.15, 0.2) is 121 Å². The van der Waals surface area contributed by atoms with Gasteiger partial charge in [0.1, 0.15) is 35.2 Å². The second-order valence-corrected chi connectivity index (χ2v) is 14.5. The number of rotatable bonds is 12. The lowest BCUT2D eigenvalue weighted by Crippen LogP contribution is -2.71. The summed E-state index contributed by atoms with van der Waals surface area (Å²) in [7, 11) is 2.95. The van der Waals surface area contributed by atoms with Gasteiger partial charge in [0.25, 0.3) is 11.8 Å². The fourth-order valence-corrected chi connectivity index (χ4v) is 8.73. The average Bonchev–Trinajstić information content (AvgIpc) is 3.58. The molecule has 3 atom stereocenters. The van der Waals surface area contributed by atoms with E-state index in [-0.39, 0.29) is 34.9 Å². The quantitative estimate of drug-likeness (QED) is 0.0766. The van der Waals surface area contributed by atoms with Crippen molar-refractivity contribution in [3.63, 3.8) is 0 Å². The minimum Gasteiger partial charge on any atom is -0.509 e. The van der Waals surface area contributed by atoms with E-state index in [1.54, 1.807) is 31.4 Å². The maximum absolute atomic E-state index is 14.0. The number of nitrogen functional groups attached to an aromatic ring is 1. The van der Waals surface area contributed by atoms with Crippen molar-refractivity contribution in [3.8, 4) is 16.2 Å². The summed E-state index contributed by atoms with van der Waals surface area (Å²) >= 11 is 2.47. The Labute approximate surface area is 314 Å². The number of carbonyl (C=O) groups is 3. The second-order valence-electron chi connectivity index (χ2n) is 12.3. The van der Waals surface area contributed by atoms with Crippen LogP contribution in [0.1, 0.15) is 40.0 Å². The van der Waals surface area contributed by atoms with Crippen LogP contribution in [0.3, 0.4) is 0 Å². The van der Waals surface area contributed by atoms with Gasteiger partial charge in [-0.2, -0.15) is 0 Å². The van der Waals surface area contributed by atoms with Crippen LogP contribution in [0.2, 0.25) is 0 Å². The Morgan fingerprint density at radius 3 is 2.23 bits per heavy atom. The van der Waals surface area contributed by atoms with Gasteiger partial charge in [0.05, 0.1) is 17.7 Å². The molecule has 11 nitrogen and oxygen atoms in total. The molecule has 5 aromatic rings. The van der Waals surface area contributed by atoms with E-state index in [1.807, 2.05) is 54.6 Å². The van der Waals surface area contributed by atoms with Gasteiger partial charge in [-0.3, -0.25) is 14.5 Å². The van der Waals surface area contributed by atoms with Crippen molar-refractivity contribution >= 4 is 46.0 Å². The van der Waals surface area contributed by atoms with Crippen LogP contribution in [0.4, 0.5) is 5.13 Å². The molecule has 1 fully saturated rings. The Bertz CT molecular complexity index is 2120. The van der Waals surface area contributed by atoms with E-state index in [0.29, 0.717) is 21.9 Å². The van der Waals surface area contributed by atoms with Crippen LogP contribution in [0.5, 0.6) is 5.75 Å². The van der Waals surface area contributed by atoms with E-state index in [0.717, 1.165) is 22.3 Å². The molecule has 0 saturated carbocycles. The number of anilines is 1. The van der Waals surface area contributed by atoms with Gasteiger partial charge in [0, 0.05) is 13.0 Å². The third kappa shape index (κ3) is 7.10. The fourth-order valence-electron chi connectivity index (χ4n) is 6.62. The largest absolute Gasteiger partial charge is 0.509 e. The Kier molecular flexibility index (Phi) is 10.5.